The van der Waals surface area contributed by atoms with Crippen molar-refractivity contribution in [3.8, 4) is 0 Å². The van der Waals surface area contributed by atoms with Crippen molar-refractivity contribution in [2.75, 3.05) is 46.5 Å². The molecule has 0 spiro atoms. The van der Waals surface area contributed by atoms with Crippen LogP contribution in [0.4, 0.5) is 0 Å². The Morgan fingerprint density at radius 2 is 1.77 bits per heavy atom. The summed E-state index contributed by atoms with van der Waals surface area (Å²) in [5.41, 5.74) is 0. The monoisotopic (exact) mass is 481 g/mol. The number of rotatable bonds is 8. The highest BCUT2D eigenvalue weighted by molar-refractivity contribution is 14.0. The molecule has 26 heavy (non-hydrogen) atoms. The third kappa shape index (κ3) is 8.74. The minimum atomic E-state index is 0. The van der Waals surface area contributed by atoms with Crippen LogP contribution < -0.4 is 5.32 Å². The molecule has 0 radical (unpaired) electrons. The molecule has 1 saturated heterocycles. The normalized spacial score (nSPS) is 25.0. The second kappa shape index (κ2) is 14.0. The third-order valence-corrected chi connectivity index (χ3v) is 5.56. The highest BCUT2D eigenvalue weighted by Crippen LogP contribution is 2.28. The molecule has 1 N–H and O–H groups in total. The van der Waals surface area contributed by atoms with Crippen molar-refractivity contribution >= 4 is 29.9 Å². The van der Waals surface area contributed by atoms with Crippen LogP contribution in [0.3, 0.4) is 0 Å². The zero-order valence-corrected chi connectivity index (χ0v) is 19.4. The van der Waals surface area contributed by atoms with Crippen LogP contribution in [0.1, 0.15) is 58.8 Å². The van der Waals surface area contributed by atoms with Gasteiger partial charge in [-0.15, -0.1) is 24.0 Å². The lowest BCUT2D eigenvalue weighted by molar-refractivity contribution is 0.00989. The zero-order valence-electron chi connectivity index (χ0n) is 17.0. The van der Waals surface area contributed by atoms with E-state index in [-0.39, 0.29) is 24.0 Å². The molecule has 2 aliphatic rings. The molecule has 0 bridgehead atoms. The van der Waals surface area contributed by atoms with Crippen LogP contribution in [0.5, 0.6) is 0 Å². The molecule has 6 heteroatoms. The van der Waals surface area contributed by atoms with Gasteiger partial charge in [0.05, 0.1) is 6.10 Å². The number of halogens is 1. The molecule has 1 saturated carbocycles. The molecule has 1 aliphatic heterocycles. The number of hydrogen-bond acceptors (Lipinski definition) is 3. The molecule has 5 nitrogen and oxygen atoms in total. The quantitative estimate of drug-likeness (QED) is 0.247. The Morgan fingerprint density at radius 1 is 1.08 bits per heavy atom. The number of nitrogens with one attached hydrogen (secondary N) is 1. The number of aliphatic imine (C=N–C) groups is 1. The third-order valence-electron chi connectivity index (χ3n) is 5.56. The predicted octanol–water partition coefficient (Wildman–Crippen LogP) is 3.91. The van der Waals surface area contributed by atoms with Gasteiger partial charge in [0, 0.05) is 46.5 Å². The lowest BCUT2D eigenvalue weighted by atomic mass is 9.83. The molecule has 2 fully saturated rings. The summed E-state index contributed by atoms with van der Waals surface area (Å²) in [7, 11) is 1.74. The Kier molecular flexibility index (Phi) is 12.9. The van der Waals surface area contributed by atoms with Crippen LogP contribution in [0, 0.1) is 11.8 Å². The lowest BCUT2D eigenvalue weighted by Gasteiger charge is -2.34. The Hall–Kier alpha value is -0.0800. The number of piperidine rings is 1. The Bertz CT molecular complexity index is 379. The second-order valence-electron chi connectivity index (χ2n) is 7.72. The summed E-state index contributed by atoms with van der Waals surface area (Å²) in [5, 5.41) is 3.49. The molecule has 0 aromatic heterocycles. The maximum atomic E-state index is 5.97. The maximum absolute atomic E-state index is 5.97. The van der Waals surface area contributed by atoms with Crippen LogP contribution in [0.2, 0.25) is 0 Å². The van der Waals surface area contributed by atoms with Gasteiger partial charge < -0.3 is 19.7 Å². The van der Waals surface area contributed by atoms with Crippen LogP contribution >= 0.6 is 24.0 Å². The Balaban J connectivity index is 0.00000338. The number of methoxy groups -OCH3 is 1. The molecule has 0 aromatic rings. The van der Waals surface area contributed by atoms with Gasteiger partial charge in [0.25, 0.3) is 0 Å². The van der Waals surface area contributed by atoms with Gasteiger partial charge in [0.2, 0.25) is 0 Å². The van der Waals surface area contributed by atoms with Gasteiger partial charge >= 0.3 is 0 Å². The van der Waals surface area contributed by atoms with Crippen molar-refractivity contribution in [3.05, 3.63) is 0 Å². The molecule has 2 rings (SSSR count). The fourth-order valence-electron chi connectivity index (χ4n) is 3.84. The Morgan fingerprint density at radius 3 is 2.38 bits per heavy atom. The van der Waals surface area contributed by atoms with Gasteiger partial charge in [-0.3, -0.25) is 4.99 Å². The predicted molar refractivity (Wildman–Crippen MR) is 120 cm³/mol. The van der Waals surface area contributed by atoms with Crippen molar-refractivity contribution in [2.45, 2.75) is 64.9 Å². The second-order valence-corrected chi connectivity index (χ2v) is 7.72. The van der Waals surface area contributed by atoms with E-state index in [1.807, 2.05) is 0 Å². The van der Waals surface area contributed by atoms with Crippen molar-refractivity contribution in [3.63, 3.8) is 0 Å². The van der Waals surface area contributed by atoms with Crippen molar-refractivity contribution in [1.82, 2.24) is 10.2 Å². The first-order valence-corrected chi connectivity index (χ1v) is 10.4. The van der Waals surface area contributed by atoms with E-state index in [0.29, 0.717) is 6.10 Å². The molecule has 0 unspecified atom stereocenters. The summed E-state index contributed by atoms with van der Waals surface area (Å²) in [4.78, 5) is 7.39. The van der Waals surface area contributed by atoms with E-state index in [2.05, 4.69) is 24.1 Å². The minimum Gasteiger partial charge on any atom is -0.385 e. The molecular formula is C20H40IN3O2. The largest absolute Gasteiger partial charge is 0.385 e. The number of guanidine groups is 1. The smallest absolute Gasteiger partial charge is 0.193 e. The fourth-order valence-corrected chi connectivity index (χ4v) is 3.84. The first-order chi connectivity index (χ1) is 12.2. The van der Waals surface area contributed by atoms with E-state index in [1.165, 1.54) is 25.7 Å². The van der Waals surface area contributed by atoms with Crippen molar-refractivity contribution < 1.29 is 9.47 Å². The van der Waals surface area contributed by atoms with Crippen LogP contribution in [0.15, 0.2) is 4.99 Å². The average Bonchev–Trinajstić information content (AvgIpc) is 2.64. The van der Waals surface area contributed by atoms with Gasteiger partial charge in [0.15, 0.2) is 5.96 Å². The van der Waals surface area contributed by atoms with Gasteiger partial charge in [-0.1, -0.05) is 19.8 Å². The maximum Gasteiger partial charge on any atom is 0.193 e. The molecule has 0 amide bonds. The molecular weight excluding hydrogens is 441 g/mol. The summed E-state index contributed by atoms with van der Waals surface area (Å²) < 4.78 is 11.0. The fraction of sp³-hybridized carbons (Fsp3) is 0.950. The summed E-state index contributed by atoms with van der Waals surface area (Å²) in [6.07, 6.45) is 9.03. The number of ether oxygens (including phenoxy) is 2. The van der Waals surface area contributed by atoms with E-state index in [4.69, 9.17) is 14.5 Å². The highest BCUT2D eigenvalue weighted by Gasteiger charge is 2.23. The van der Waals surface area contributed by atoms with E-state index in [0.717, 1.165) is 76.5 Å². The molecule has 1 aliphatic carbocycles. The van der Waals surface area contributed by atoms with Crippen molar-refractivity contribution in [1.29, 1.82) is 0 Å². The topological polar surface area (TPSA) is 46.1 Å². The molecule has 1 heterocycles. The summed E-state index contributed by atoms with van der Waals surface area (Å²) >= 11 is 0. The Labute approximate surface area is 177 Å². The molecule has 0 aromatic carbocycles. The van der Waals surface area contributed by atoms with E-state index < -0.39 is 0 Å². The SMILES string of the molecule is CCNC(=NCC1CCC(C)CC1)N1CCC(OCCCOC)CC1.I. The van der Waals surface area contributed by atoms with Gasteiger partial charge in [0.1, 0.15) is 0 Å². The standard InChI is InChI=1S/C20H39N3O2.HI/c1-4-21-20(22-16-18-8-6-17(2)7-9-18)23-12-10-19(11-13-23)25-15-5-14-24-3;/h17-19H,4-16H2,1-3H3,(H,21,22);1H. The highest BCUT2D eigenvalue weighted by atomic mass is 127. The number of hydrogen-bond donors (Lipinski definition) is 1. The first-order valence-electron chi connectivity index (χ1n) is 10.4. The van der Waals surface area contributed by atoms with Gasteiger partial charge in [-0.2, -0.15) is 0 Å². The van der Waals surface area contributed by atoms with Crippen LogP contribution in [0.25, 0.3) is 0 Å². The average molecular weight is 481 g/mol. The minimum absolute atomic E-state index is 0. The molecule has 0 atom stereocenters. The van der Waals surface area contributed by atoms with E-state index >= 15 is 0 Å². The summed E-state index contributed by atoms with van der Waals surface area (Å²) in [6, 6.07) is 0. The van der Waals surface area contributed by atoms with Crippen molar-refractivity contribution in [2.24, 2.45) is 16.8 Å². The van der Waals surface area contributed by atoms with E-state index in [1.54, 1.807) is 7.11 Å². The van der Waals surface area contributed by atoms with Gasteiger partial charge in [-0.05, 0) is 50.9 Å². The van der Waals surface area contributed by atoms with Crippen LogP contribution in [-0.4, -0.2) is 63.5 Å². The summed E-state index contributed by atoms with van der Waals surface area (Å²) in [6.45, 7) is 10.2. The van der Waals surface area contributed by atoms with Gasteiger partial charge in [-0.25, -0.2) is 0 Å². The zero-order chi connectivity index (χ0) is 17.9. The lowest BCUT2D eigenvalue weighted by Crippen LogP contribution is -2.47. The number of likely N-dealkylation sites (tertiary alicyclic amines) is 1. The molecule has 154 valence electrons. The first kappa shape index (κ1) is 24.0. The van der Waals surface area contributed by atoms with E-state index in [9.17, 15) is 0 Å². The summed E-state index contributed by atoms with van der Waals surface area (Å²) in [5.74, 6) is 2.81. The number of nitrogens with zero attached hydrogens (tertiary/aromatic N) is 2. The van der Waals surface area contributed by atoms with Crippen LogP contribution in [-0.2, 0) is 9.47 Å².